The monoisotopic (exact) mass is 423 g/mol. The Morgan fingerprint density at radius 2 is 1.92 bits per heavy atom. The molecule has 0 saturated carbocycles. The fourth-order valence-electron chi connectivity index (χ4n) is 2.45. The molecule has 2 aromatic carbocycles. The van der Waals surface area contributed by atoms with Gasteiger partial charge in [-0.2, -0.15) is 0 Å². The Bertz CT molecular complexity index is 706. The third kappa shape index (κ3) is 6.29. The molecule has 2 aromatic rings. The molecule has 0 aromatic heterocycles. The van der Waals surface area contributed by atoms with E-state index in [1.165, 1.54) is 17.3 Å². The lowest BCUT2D eigenvalue weighted by Gasteiger charge is -2.23. The van der Waals surface area contributed by atoms with Crippen LogP contribution in [-0.2, 0) is 0 Å². The first-order chi connectivity index (χ1) is 12.0. The molecule has 0 aliphatic heterocycles. The van der Waals surface area contributed by atoms with Gasteiger partial charge in [0.15, 0.2) is 5.11 Å². The molecule has 0 spiro atoms. The average molecular weight is 424 g/mol. The van der Waals surface area contributed by atoms with Crippen molar-refractivity contribution in [1.82, 2.24) is 5.32 Å². The highest BCUT2D eigenvalue weighted by atomic mass is 79.9. The summed E-state index contributed by atoms with van der Waals surface area (Å²) >= 11 is 8.47. The zero-order valence-corrected chi connectivity index (χ0v) is 16.9. The molecule has 0 saturated heterocycles. The van der Waals surface area contributed by atoms with Gasteiger partial charge in [-0.25, -0.2) is 4.39 Å². The third-order valence-electron chi connectivity index (χ3n) is 3.85. The van der Waals surface area contributed by atoms with Crippen LogP contribution in [0, 0.1) is 12.7 Å². The summed E-state index contributed by atoms with van der Waals surface area (Å²) in [5.41, 5.74) is 2.86. The summed E-state index contributed by atoms with van der Waals surface area (Å²) in [6.07, 6.45) is 0.937. The molecule has 0 heterocycles. The molecule has 134 valence electrons. The SMILES string of the molecule is CCN(CCCNC(=S)Nc1ccc(Br)cc1F)c1ccc(C)cc1. The Morgan fingerprint density at radius 3 is 2.56 bits per heavy atom. The predicted octanol–water partition coefficient (Wildman–Crippen LogP) is 5.10. The fraction of sp³-hybridized carbons (Fsp3) is 0.316. The molecule has 0 bridgehead atoms. The fourth-order valence-corrected chi connectivity index (χ4v) is 3.00. The number of hydrogen-bond acceptors (Lipinski definition) is 2. The number of benzene rings is 2. The zero-order chi connectivity index (χ0) is 18.2. The van der Waals surface area contributed by atoms with Crippen LogP contribution >= 0.6 is 28.1 Å². The Labute approximate surface area is 162 Å². The Hall–Kier alpha value is -1.66. The third-order valence-corrected chi connectivity index (χ3v) is 4.59. The number of thiocarbonyl (C=S) groups is 1. The second-order valence-corrected chi connectivity index (χ2v) is 7.10. The van der Waals surface area contributed by atoms with Gasteiger partial charge in [-0.15, -0.1) is 0 Å². The lowest BCUT2D eigenvalue weighted by molar-refractivity contribution is 0.631. The molecule has 2 N–H and O–H groups in total. The van der Waals surface area contributed by atoms with Crippen LogP contribution < -0.4 is 15.5 Å². The first-order valence-electron chi connectivity index (χ1n) is 8.31. The number of nitrogens with zero attached hydrogens (tertiary/aromatic N) is 1. The van der Waals surface area contributed by atoms with Crippen molar-refractivity contribution >= 4 is 44.6 Å². The van der Waals surface area contributed by atoms with Gasteiger partial charge in [0, 0.05) is 29.8 Å². The van der Waals surface area contributed by atoms with E-state index in [0.717, 1.165) is 26.1 Å². The average Bonchev–Trinajstić information content (AvgIpc) is 2.58. The molecule has 0 fully saturated rings. The van der Waals surface area contributed by atoms with Gasteiger partial charge >= 0.3 is 0 Å². The highest BCUT2D eigenvalue weighted by Crippen LogP contribution is 2.19. The van der Waals surface area contributed by atoms with E-state index in [1.807, 2.05) is 0 Å². The van der Waals surface area contributed by atoms with Crippen LogP contribution in [0.2, 0.25) is 0 Å². The van der Waals surface area contributed by atoms with Gasteiger partial charge in [-0.3, -0.25) is 0 Å². The maximum atomic E-state index is 13.8. The quantitative estimate of drug-likeness (QED) is 0.478. The first kappa shape index (κ1) is 19.7. The Balaban J connectivity index is 1.75. The van der Waals surface area contributed by atoms with E-state index < -0.39 is 0 Å². The van der Waals surface area contributed by atoms with E-state index in [4.69, 9.17) is 12.2 Å². The smallest absolute Gasteiger partial charge is 0.170 e. The maximum Gasteiger partial charge on any atom is 0.170 e. The summed E-state index contributed by atoms with van der Waals surface area (Å²) in [4.78, 5) is 2.33. The van der Waals surface area contributed by atoms with E-state index in [-0.39, 0.29) is 5.82 Å². The second-order valence-electron chi connectivity index (χ2n) is 5.77. The van der Waals surface area contributed by atoms with Crippen molar-refractivity contribution < 1.29 is 4.39 Å². The van der Waals surface area contributed by atoms with Gasteiger partial charge in [0.05, 0.1) is 5.69 Å². The Kier molecular flexibility index (Phi) is 7.65. The van der Waals surface area contributed by atoms with E-state index in [1.54, 1.807) is 12.1 Å². The number of rotatable bonds is 7. The van der Waals surface area contributed by atoms with Gasteiger partial charge in [-0.05, 0) is 62.8 Å². The molecule has 0 atom stereocenters. The van der Waals surface area contributed by atoms with Crippen LogP contribution in [0.15, 0.2) is 46.9 Å². The van der Waals surface area contributed by atoms with Crippen LogP contribution in [0.5, 0.6) is 0 Å². The number of aryl methyl sites for hydroxylation is 1. The largest absolute Gasteiger partial charge is 0.372 e. The summed E-state index contributed by atoms with van der Waals surface area (Å²) in [5, 5.41) is 6.45. The lowest BCUT2D eigenvalue weighted by atomic mass is 10.2. The predicted molar refractivity (Wildman–Crippen MR) is 112 cm³/mol. The normalized spacial score (nSPS) is 10.4. The summed E-state index contributed by atoms with van der Waals surface area (Å²) in [5.74, 6) is -0.338. The molecule has 3 nitrogen and oxygen atoms in total. The van der Waals surface area contributed by atoms with E-state index in [9.17, 15) is 4.39 Å². The molecule has 6 heteroatoms. The summed E-state index contributed by atoms with van der Waals surface area (Å²) in [7, 11) is 0. The topological polar surface area (TPSA) is 27.3 Å². The van der Waals surface area contributed by atoms with Crippen molar-refractivity contribution in [3.63, 3.8) is 0 Å². The van der Waals surface area contributed by atoms with Crippen molar-refractivity contribution in [3.8, 4) is 0 Å². The van der Waals surface area contributed by atoms with Crippen LogP contribution in [0.4, 0.5) is 15.8 Å². The van der Waals surface area contributed by atoms with Crippen molar-refractivity contribution in [1.29, 1.82) is 0 Å². The summed E-state index contributed by atoms with van der Waals surface area (Å²) < 4.78 is 14.5. The lowest BCUT2D eigenvalue weighted by Crippen LogP contribution is -2.32. The van der Waals surface area contributed by atoms with Crippen LogP contribution in [0.3, 0.4) is 0 Å². The molecular formula is C19H23BrFN3S. The van der Waals surface area contributed by atoms with Crippen molar-refractivity contribution in [3.05, 3.63) is 58.3 Å². The highest BCUT2D eigenvalue weighted by Gasteiger charge is 2.06. The minimum atomic E-state index is -0.338. The zero-order valence-electron chi connectivity index (χ0n) is 14.5. The molecule has 0 radical (unpaired) electrons. The van der Waals surface area contributed by atoms with Crippen LogP contribution in [0.1, 0.15) is 18.9 Å². The minimum absolute atomic E-state index is 0.338. The summed E-state index contributed by atoms with van der Waals surface area (Å²) in [6, 6.07) is 13.4. The maximum absolute atomic E-state index is 13.8. The van der Waals surface area contributed by atoms with Crippen molar-refractivity contribution in [2.45, 2.75) is 20.3 Å². The highest BCUT2D eigenvalue weighted by molar-refractivity contribution is 9.10. The van der Waals surface area contributed by atoms with E-state index in [0.29, 0.717) is 15.3 Å². The number of hydrogen-bond donors (Lipinski definition) is 2. The number of nitrogens with one attached hydrogen (secondary N) is 2. The Morgan fingerprint density at radius 1 is 1.20 bits per heavy atom. The number of halogens is 2. The van der Waals surface area contributed by atoms with Crippen LogP contribution in [0.25, 0.3) is 0 Å². The van der Waals surface area contributed by atoms with Gasteiger partial charge in [0.1, 0.15) is 5.82 Å². The van der Waals surface area contributed by atoms with Crippen LogP contribution in [-0.4, -0.2) is 24.7 Å². The van der Waals surface area contributed by atoms with Gasteiger partial charge in [0.25, 0.3) is 0 Å². The minimum Gasteiger partial charge on any atom is -0.372 e. The van der Waals surface area contributed by atoms with E-state index >= 15 is 0 Å². The van der Waals surface area contributed by atoms with E-state index in [2.05, 4.69) is 69.6 Å². The second kappa shape index (κ2) is 9.73. The van der Waals surface area contributed by atoms with Gasteiger partial charge in [0.2, 0.25) is 0 Å². The first-order valence-corrected chi connectivity index (χ1v) is 9.51. The van der Waals surface area contributed by atoms with Crippen molar-refractivity contribution in [2.75, 3.05) is 29.9 Å². The molecule has 0 unspecified atom stereocenters. The van der Waals surface area contributed by atoms with Gasteiger partial charge < -0.3 is 15.5 Å². The summed E-state index contributed by atoms with van der Waals surface area (Å²) in [6.45, 7) is 6.85. The molecular weight excluding hydrogens is 401 g/mol. The van der Waals surface area contributed by atoms with Crippen molar-refractivity contribution in [2.24, 2.45) is 0 Å². The van der Waals surface area contributed by atoms with Gasteiger partial charge in [-0.1, -0.05) is 33.6 Å². The molecule has 25 heavy (non-hydrogen) atoms. The molecule has 0 aliphatic rings. The standard InChI is InChI=1S/C19H23BrFN3S/c1-3-24(16-8-5-14(2)6-9-16)12-4-11-22-19(25)23-18-10-7-15(20)13-17(18)21/h5-10,13H,3-4,11-12H2,1-2H3,(H2,22,23,25). The molecule has 2 rings (SSSR count). The molecule has 0 aliphatic carbocycles. The number of anilines is 2. The molecule has 0 amide bonds.